The summed E-state index contributed by atoms with van der Waals surface area (Å²) in [5.41, 5.74) is -0.595. The molecular formula is C23H27F3N4O5S. The fraction of sp³-hybridized carbons (Fsp3) is 0.391. The SMILES string of the molecule is Cc1cc([C@H](N=C2NS(=O)(=O)C(C(F)(F)F)=C2Nc2cccc(C(=O)N(C)C)c2O)C(C)C)oc1C. The lowest BCUT2D eigenvalue weighted by Crippen LogP contribution is -2.28. The summed E-state index contributed by atoms with van der Waals surface area (Å²) < 4.78 is 74.6. The quantitative estimate of drug-likeness (QED) is 0.483. The van der Waals surface area contributed by atoms with E-state index >= 15 is 0 Å². The molecule has 2 aromatic rings. The van der Waals surface area contributed by atoms with E-state index in [-0.39, 0.29) is 17.2 Å². The van der Waals surface area contributed by atoms with Gasteiger partial charge in [0.2, 0.25) is 0 Å². The molecule has 1 aliphatic heterocycles. The number of carbonyl (C=O) groups excluding carboxylic acids is 1. The third kappa shape index (κ3) is 5.20. The Kier molecular flexibility index (Phi) is 7.17. The smallest absolute Gasteiger partial charge is 0.431 e. The van der Waals surface area contributed by atoms with Crippen molar-refractivity contribution in [2.24, 2.45) is 10.9 Å². The number of nitrogens with one attached hydrogen (secondary N) is 2. The van der Waals surface area contributed by atoms with Crippen LogP contribution in [-0.2, 0) is 10.0 Å². The van der Waals surface area contributed by atoms with Crippen LogP contribution in [0.5, 0.6) is 5.75 Å². The summed E-state index contributed by atoms with van der Waals surface area (Å²) in [6, 6.07) is 4.71. The second-order valence-electron chi connectivity index (χ2n) is 8.89. The van der Waals surface area contributed by atoms with Crippen LogP contribution in [-0.4, -0.2) is 50.4 Å². The number of allylic oxidation sites excluding steroid dienone is 1. The molecule has 9 nitrogen and oxygen atoms in total. The first-order chi connectivity index (χ1) is 16.5. The average Bonchev–Trinajstić information content (AvgIpc) is 3.20. The molecule has 2 heterocycles. The molecule has 0 radical (unpaired) electrons. The minimum atomic E-state index is -5.29. The summed E-state index contributed by atoms with van der Waals surface area (Å²) in [6.07, 6.45) is -5.29. The van der Waals surface area contributed by atoms with Gasteiger partial charge in [-0.15, -0.1) is 0 Å². The van der Waals surface area contributed by atoms with Crippen molar-refractivity contribution in [3.63, 3.8) is 0 Å². The molecule has 1 aromatic carbocycles. The van der Waals surface area contributed by atoms with Gasteiger partial charge in [-0.25, -0.2) is 8.42 Å². The lowest BCUT2D eigenvalue weighted by atomic mass is 10.0. The van der Waals surface area contributed by atoms with Crippen LogP contribution in [0.15, 0.2) is 44.3 Å². The van der Waals surface area contributed by atoms with E-state index < -0.39 is 50.3 Å². The molecule has 1 aliphatic rings. The number of hydrogen-bond acceptors (Lipinski definition) is 7. The molecule has 0 spiro atoms. The van der Waals surface area contributed by atoms with Crippen LogP contribution in [0.25, 0.3) is 0 Å². The van der Waals surface area contributed by atoms with Gasteiger partial charge in [-0.3, -0.25) is 14.5 Å². The number of aryl methyl sites for hydroxylation is 2. The normalized spacial score (nSPS) is 17.4. The molecule has 1 aromatic heterocycles. The summed E-state index contributed by atoms with van der Waals surface area (Å²) in [4.78, 5) is 15.9. The van der Waals surface area contributed by atoms with Gasteiger partial charge in [0.05, 0.1) is 11.3 Å². The molecule has 1 amide bonds. The summed E-state index contributed by atoms with van der Waals surface area (Å²) in [5.74, 6) is -1.18. The Morgan fingerprint density at radius 1 is 1.22 bits per heavy atom. The zero-order chi connectivity index (χ0) is 27.2. The Bertz CT molecular complexity index is 1340. The van der Waals surface area contributed by atoms with E-state index in [0.29, 0.717) is 11.5 Å². The number of benzene rings is 1. The zero-order valence-corrected chi connectivity index (χ0v) is 21.3. The molecule has 36 heavy (non-hydrogen) atoms. The number of aliphatic imine (C=N–C) groups is 1. The lowest BCUT2D eigenvalue weighted by molar-refractivity contribution is -0.0847. The van der Waals surface area contributed by atoms with Gasteiger partial charge in [-0.1, -0.05) is 19.9 Å². The second kappa shape index (κ2) is 9.52. The Morgan fingerprint density at radius 2 is 1.86 bits per heavy atom. The molecule has 0 bridgehead atoms. The first-order valence-corrected chi connectivity index (χ1v) is 12.3. The van der Waals surface area contributed by atoms with E-state index in [1.807, 2.05) is 4.72 Å². The number of halogens is 3. The number of phenols is 1. The number of hydrogen-bond donors (Lipinski definition) is 3. The number of rotatable bonds is 6. The predicted octanol–water partition coefficient (Wildman–Crippen LogP) is 4.22. The van der Waals surface area contributed by atoms with Crippen LogP contribution in [0, 0.1) is 19.8 Å². The van der Waals surface area contributed by atoms with Gasteiger partial charge >= 0.3 is 6.18 Å². The van der Waals surface area contributed by atoms with Crippen molar-refractivity contribution in [3.05, 3.63) is 57.5 Å². The molecule has 1 atom stereocenters. The number of aromatic hydroxyl groups is 1. The average molecular weight is 529 g/mol. The highest BCUT2D eigenvalue weighted by Gasteiger charge is 2.51. The minimum Gasteiger partial charge on any atom is -0.505 e. The van der Waals surface area contributed by atoms with Crippen molar-refractivity contribution in [2.75, 3.05) is 19.4 Å². The van der Waals surface area contributed by atoms with Crippen LogP contribution in [0.4, 0.5) is 18.9 Å². The van der Waals surface area contributed by atoms with E-state index in [0.717, 1.165) is 5.56 Å². The molecule has 0 saturated heterocycles. The van der Waals surface area contributed by atoms with Crippen molar-refractivity contribution < 1.29 is 35.9 Å². The van der Waals surface area contributed by atoms with Crippen LogP contribution in [0.2, 0.25) is 0 Å². The highest BCUT2D eigenvalue weighted by Crippen LogP contribution is 2.39. The summed E-state index contributed by atoms with van der Waals surface area (Å²) >= 11 is 0. The Balaban J connectivity index is 2.21. The molecule has 3 N–H and O–H groups in total. The highest BCUT2D eigenvalue weighted by molar-refractivity contribution is 7.94. The van der Waals surface area contributed by atoms with E-state index in [2.05, 4.69) is 10.3 Å². The Labute approximate surface area is 206 Å². The summed E-state index contributed by atoms with van der Waals surface area (Å²) in [6.45, 7) is 7.04. The van der Waals surface area contributed by atoms with Gasteiger partial charge in [0, 0.05) is 14.1 Å². The van der Waals surface area contributed by atoms with Crippen molar-refractivity contribution in [1.82, 2.24) is 9.62 Å². The first kappa shape index (κ1) is 27.1. The summed E-state index contributed by atoms with van der Waals surface area (Å²) in [5, 5.41) is 13.0. The fourth-order valence-corrected chi connectivity index (χ4v) is 4.83. The summed E-state index contributed by atoms with van der Waals surface area (Å²) in [7, 11) is -2.17. The maximum atomic E-state index is 14.0. The number of phenolic OH excluding ortho intramolecular Hbond substituents is 1. The number of amides is 1. The van der Waals surface area contributed by atoms with Gasteiger partial charge in [0.1, 0.15) is 23.3 Å². The molecule has 13 heteroatoms. The zero-order valence-electron chi connectivity index (χ0n) is 20.5. The van der Waals surface area contributed by atoms with Gasteiger partial charge in [0.25, 0.3) is 15.9 Å². The molecule has 0 unspecified atom stereocenters. The van der Waals surface area contributed by atoms with Crippen molar-refractivity contribution in [1.29, 1.82) is 0 Å². The molecule has 0 aliphatic carbocycles. The third-order valence-corrected chi connectivity index (χ3v) is 6.96. The molecule has 0 saturated carbocycles. The monoisotopic (exact) mass is 528 g/mol. The predicted molar refractivity (Wildman–Crippen MR) is 128 cm³/mol. The number of furan rings is 1. The lowest BCUT2D eigenvalue weighted by Gasteiger charge is -2.18. The van der Waals surface area contributed by atoms with Crippen LogP contribution >= 0.6 is 0 Å². The second-order valence-corrected chi connectivity index (χ2v) is 10.5. The topological polar surface area (TPSA) is 124 Å². The number of amidine groups is 1. The van der Waals surface area contributed by atoms with E-state index in [1.54, 1.807) is 33.8 Å². The maximum Gasteiger partial charge on any atom is 0.431 e. The van der Waals surface area contributed by atoms with Crippen LogP contribution in [0.1, 0.15) is 47.3 Å². The van der Waals surface area contributed by atoms with Gasteiger partial charge < -0.3 is 19.7 Å². The molecular weight excluding hydrogens is 501 g/mol. The van der Waals surface area contributed by atoms with Crippen LogP contribution in [0.3, 0.4) is 0 Å². The maximum absolute atomic E-state index is 14.0. The number of sulfonamides is 1. The first-order valence-electron chi connectivity index (χ1n) is 10.8. The number of nitrogens with zero attached hydrogens (tertiary/aromatic N) is 2. The fourth-order valence-electron chi connectivity index (χ4n) is 3.59. The van der Waals surface area contributed by atoms with Gasteiger partial charge in [-0.2, -0.15) is 13.2 Å². The largest absolute Gasteiger partial charge is 0.505 e. The highest BCUT2D eigenvalue weighted by atomic mass is 32.2. The number of anilines is 1. The van der Waals surface area contributed by atoms with E-state index in [9.17, 15) is 31.5 Å². The Hall–Kier alpha value is -3.48. The van der Waals surface area contributed by atoms with Crippen LogP contribution < -0.4 is 10.0 Å². The number of para-hydroxylation sites is 1. The standard InChI is InChI=1S/C23H27F3N4O5S/c1-11(2)17(16-10-12(3)13(4)35-16)28-21-18(20(23(24,25)26)36(33,34)29-21)27-15-9-7-8-14(19(15)31)22(32)30(5)6/h7-11,17,27,31H,1-6H3,(H,28,29)/t17-/m1/s1. The van der Waals surface area contributed by atoms with E-state index in [1.165, 1.54) is 37.2 Å². The molecule has 196 valence electrons. The van der Waals surface area contributed by atoms with Gasteiger partial charge in [-0.05, 0) is 43.5 Å². The van der Waals surface area contributed by atoms with Crippen molar-refractivity contribution in [3.8, 4) is 5.75 Å². The number of alkyl halides is 3. The molecule has 3 rings (SSSR count). The molecule has 0 fully saturated rings. The van der Waals surface area contributed by atoms with Crippen molar-refractivity contribution >= 4 is 27.5 Å². The Morgan fingerprint density at radius 3 is 2.36 bits per heavy atom. The minimum absolute atomic E-state index is 0.187. The van der Waals surface area contributed by atoms with Gasteiger partial charge in [0.15, 0.2) is 16.5 Å². The number of carbonyl (C=O) groups is 1. The van der Waals surface area contributed by atoms with E-state index in [4.69, 9.17) is 4.42 Å². The van der Waals surface area contributed by atoms with Crippen molar-refractivity contribution in [2.45, 2.75) is 39.9 Å². The third-order valence-electron chi connectivity index (χ3n) is 5.53.